The summed E-state index contributed by atoms with van der Waals surface area (Å²) >= 11 is 0. The van der Waals surface area contributed by atoms with Gasteiger partial charge in [0, 0.05) is 19.3 Å². The van der Waals surface area contributed by atoms with Crippen LogP contribution in [-0.2, 0) is 0 Å². The second-order valence-electron chi connectivity index (χ2n) is 5.87. The summed E-state index contributed by atoms with van der Waals surface area (Å²) in [5.74, 6) is 0.559. The molecule has 0 saturated heterocycles. The van der Waals surface area contributed by atoms with Gasteiger partial charge in [-0.15, -0.1) is 5.10 Å². The molecule has 0 aliphatic carbocycles. The van der Waals surface area contributed by atoms with Crippen LogP contribution in [0.15, 0.2) is 28.9 Å². The van der Waals surface area contributed by atoms with Gasteiger partial charge in [0.25, 0.3) is 0 Å². The van der Waals surface area contributed by atoms with Crippen molar-refractivity contribution in [1.82, 2.24) is 15.2 Å². The maximum atomic E-state index is 5.40. The van der Waals surface area contributed by atoms with Crippen molar-refractivity contribution in [3.8, 4) is 0 Å². The number of nitrogens with zero attached hydrogens (tertiary/aromatic N) is 3. The number of pyridine rings is 1. The summed E-state index contributed by atoms with van der Waals surface area (Å²) in [7, 11) is 0. The largest absolute Gasteiger partial charge is 0.408 e. The first-order chi connectivity index (χ1) is 8.94. The summed E-state index contributed by atoms with van der Waals surface area (Å²) in [6.07, 6.45) is 4.58. The van der Waals surface area contributed by atoms with Crippen molar-refractivity contribution < 1.29 is 4.42 Å². The van der Waals surface area contributed by atoms with Gasteiger partial charge in [-0.1, -0.05) is 31.9 Å². The highest BCUT2D eigenvalue weighted by Crippen LogP contribution is 2.31. The number of aromatic nitrogens is 3. The van der Waals surface area contributed by atoms with Crippen LogP contribution in [0, 0.1) is 12.3 Å². The first-order valence-corrected chi connectivity index (χ1v) is 6.41. The van der Waals surface area contributed by atoms with Crippen LogP contribution >= 0.6 is 0 Å². The van der Waals surface area contributed by atoms with E-state index in [2.05, 4.69) is 47.3 Å². The van der Waals surface area contributed by atoms with E-state index in [9.17, 15) is 0 Å². The lowest BCUT2D eigenvalue weighted by Crippen LogP contribution is -2.19. The number of hydrogen-bond donors (Lipinski definition) is 1. The van der Waals surface area contributed by atoms with E-state index in [4.69, 9.17) is 4.42 Å². The summed E-state index contributed by atoms with van der Waals surface area (Å²) < 4.78 is 5.40. The van der Waals surface area contributed by atoms with Gasteiger partial charge in [-0.25, -0.2) is 0 Å². The van der Waals surface area contributed by atoms with Gasteiger partial charge in [0.05, 0.1) is 6.04 Å². The first kappa shape index (κ1) is 13.5. The summed E-state index contributed by atoms with van der Waals surface area (Å²) in [6, 6.07) is 4.55. The molecular weight excluding hydrogens is 240 g/mol. The Morgan fingerprint density at radius 1 is 1.32 bits per heavy atom. The van der Waals surface area contributed by atoms with E-state index in [0.29, 0.717) is 11.9 Å². The molecule has 19 heavy (non-hydrogen) atoms. The molecule has 0 aliphatic rings. The Labute approximate surface area is 113 Å². The van der Waals surface area contributed by atoms with Crippen LogP contribution in [0.5, 0.6) is 0 Å². The lowest BCUT2D eigenvalue weighted by molar-refractivity contribution is 0.348. The molecule has 2 aromatic heterocycles. The highest BCUT2D eigenvalue weighted by Gasteiger charge is 2.22. The van der Waals surface area contributed by atoms with E-state index < -0.39 is 0 Å². The van der Waals surface area contributed by atoms with Crippen LogP contribution in [0.1, 0.15) is 44.7 Å². The predicted molar refractivity (Wildman–Crippen MR) is 73.7 cm³/mol. The van der Waals surface area contributed by atoms with Crippen molar-refractivity contribution in [1.29, 1.82) is 0 Å². The molecule has 0 aromatic carbocycles. The molecule has 1 N–H and O–H groups in total. The van der Waals surface area contributed by atoms with Crippen LogP contribution < -0.4 is 5.32 Å². The fourth-order valence-corrected chi connectivity index (χ4v) is 1.95. The van der Waals surface area contributed by atoms with Gasteiger partial charge in [0.15, 0.2) is 0 Å². The average Bonchev–Trinajstić information content (AvgIpc) is 2.73. The number of rotatable bonds is 4. The van der Waals surface area contributed by atoms with Crippen molar-refractivity contribution in [2.24, 2.45) is 5.41 Å². The third-order valence-corrected chi connectivity index (χ3v) is 2.73. The Morgan fingerprint density at radius 3 is 2.63 bits per heavy atom. The number of hydrogen-bond acceptors (Lipinski definition) is 5. The van der Waals surface area contributed by atoms with Crippen LogP contribution in [0.3, 0.4) is 0 Å². The van der Waals surface area contributed by atoms with E-state index in [0.717, 1.165) is 12.0 Å². The number of anilines is 1. The Kier molecular flexibility index (Phi) is 3.83. The monoisotopic (exact) mass is 260 g/mol. The van der Waals surface area contributed by atoms with E-state index in [1.54, 1.807) is 13.1 Å². The third kappa shape index (κ3) is 4.05. The van der Waals surface area contributed by atoms with Gasteiger partial charge in [-0.3, -0.25) is 4.98 Å². The third-order valence-electron chi connectivity index (χ3n) is 2.73. The van der Waals surface area contributed by atoms with Crippen LogP contribution in [0.25, 0.3) is 0 Å². The Balaban J connectivity index is 2.19. The zero-order chi connectivity index (χ0) is 13.9. The van der Waals surface area contributed by atoms with Crippen molar-refractivity contribution in [3.63, 3.8) is 0 Å². The molecule has 0 radical (unpaired) electrons. The molecule has 0 bridgehead atoms. The summed E-state index contributed by atoms with van der Waals surface area (Å²) in [4.78, 5) is 4.18. The Morgan fingerprint density at radius 2 is 2.11 bits per heavy atom. The summed E-state index contributed by atoms with van der Waals surface area (Å²) in [5, 5.41) is 11.1. The summed E-state index contributed by atoms with van der Waals surface area (Å²) in [6.45, 7) is 8.40. The minimum Gasteiger partial charge on any atom is -0.408 e. The van der Waals surface area contributed by atoms with Crippen molar-refractivity contribution in [2.75, 3.05) is 5.32 Å². The highest BCUT2D eigenvalue weighted by atomic mass is 16.4. The van der Waals surface area contributed by atoms with E-state index in [1.807, 2.05) is 12.3 Å². The van der Waals surface area contributed by atoms with Crippen LogP contribution in [0.4, 0.5) is 6.01 Å². The normalized spacial score (nSPS) is 13.3. The topological polar surface area (TPSA) is 63.8 Å². The second kappa shape index (κ2) is 5.38. The van der Waals surface area contributed by atoms with E-state index >= 15 is 0 Å². The molecule has 0 fully saturated rings. The van der Waals surface area contributed by atoms with Crippen molar-refractivity contribution in [3.05, 3.63) is 36.0 Å². The highest BCUT2D eigenvalue weighted by molar-refractivity contribution is 5.27. The van der Waals surface area contributed by atoms with Gasteiger partial charge in [-0.2, -0.15) is 0 Å². The minimum atomic E-state index is 0.105. The lowest BCUT2D eigenvalue weighted by Gasteiger charge is -2.26. The minimum absolute atomic E-state index is 0.105. The number of nitrogens with one attached hydrogen (secondary N) is 1. The van der Waals surface area contributed by atoms with Gasteiger partial charge in [0.2, 0.25) is 5.89 Å². The smallest absolute Gasteiger partial charge is 0.315 e. The molecule has 102 valence electrons. The zero-order valence-electron chi connectivity index (χ0n) is 11.8. The molecule has 0 spiro atoms. The molecule has 2 heterocycles. The molecule has 0 unspecified atom stereocenters. The fourth-order valence-electron chi connectivity index (χ4n) is 1.95. The number of aryl methyl sites for hydroxylation is 1. The van der Waals surface area contributed by atoms with Crippen molar-refractivity contribution >= 4 is 6.01 Å². The van der Waals surface area contributed by atoms with Crippen molar-refractivity contribution in [2.45, 2.75) is 40.2 Å². The van der Waals surface area contributed by atoms with E-state index in [1.165, 1.54) is 0 Å². The first-order valence-electron chi connectivity index (χ1n) is 6.41. The molecule has 2 rings (SSSR count). The molecule has 5 nitrogen and oxygen atoms in total. The molecule has 1 atom stereocenters. The van der Waals surface area contributed by atoms with Gasteiger partial charge in [-0.05, 0) is 23.5 Å². The molecular formula is C14H20N4O. The second-order valence-corrected chi connectivity index (χ2v) is 5.87. The molecule has 2 aromatic rings. The summed E-state index contributed by atoms with van der Waals surface area (Å²) in [5.41, 5.74) is 1.30. The molecule has 0 aliphatic heterocycles. The standard InChI is InChI=1S/C14H20N4O/c1-10-17-18-13(19-10)16-12(8-14(2,3)4)11-6-5-7-15-9-11/h5-7,9,12H,8H2,1-4H3,(H,16,18)/t12-/m1/s1. The molecule has 0 amide bonds. The van der Waals surface area contributed by atoms with Gasteiger partial charge >= 0.3 is 6.01 Å². The quantitative estimate of drug-likeness (QED) is 0.913. The molecule has 0 saturated carbocycles. The lowest BCUT2D eigenvalue weighted by atomic mass is 9.86. The Hall–Kier alpha value is -1.91. The van der Waals surface area contributed by atoms with E-state index in [-0.39, 0.29) is 11.5 Å². The maximum Gasteiger partial charge on any atom is 0.315 e. The van der Waals surface area contributed by atoms with Crippen LogP contribution in [0.2, 0.25) is 0 Å². The van der Waals surface area contributed by atoms with Crippen LogP contribution in [-0.4, -0.2) is 15.2 Å². The average molecular weight is 260 g/mol. The molecule has 5 heteroatoms. The maximum absolute atomic E-state index is 5.40. The predicted octanol–water partition coefficient (Wildman–Crippen LogP) is 3.36. The Bertz CT molecular complexity index is 516. The zero-order valence-corrected chi connectivity index (χ0v) is 11.8. The fraction of sp³-hybridized carbons (Fsp3) is 0.500. The van der Waals surface area contributed by atoms with Gasteiger partial charge in [0.1, 0.15) is 0 Å². The SMILES string of the molecule is Cc1nnc(N[C@H](CC(C)(C)C)c2cccnc2)o1. The van der Waals surface area contributed by atoms with Gasteiger partial charge < -0.3 is 9.73 Å².